The minimum Gasteiger partial charge on any atom is -0.444 e. The molecule has 2 aliphatic rings. The van der Waals surface area contributed by atoms with Crippen LogP contribution in [0, 0.1) is 6.92 Å². The van der Waals surface area contributed by atoms with E-state index in [1.165, 1.54) is 12.1 Å². The highest BCUT2D eigenvalue weighted by molar-refractivity contribution is 7.91. The van der Waals surface area contributed by atoms with E-state index < -0.39 is 63.5 Å². The third kappa shape index (κ3) is 6.66. The van der Waals surface area contributed by atoms with Gasteiger partial charge >= 0.3 is 6.09 Å². The number of nitrogens with zero attached hydrogens (tertiary/aromatic N) is 3. The minimum atomic E-state index is -4.20. The molecule has 2 N–H and O–H groups in total. The first-order valence-electron chi connectivity index (χ1n) is 13.3. The molecule has 15 heteroatoms. The summed E-state index contributed by atoms with van der Waals surface area (Å²) in [5.74, 6) is -4.69. The maximum absolute atomic E-state index is 13.9. The first kappa shape index (κ1) is 30.1. The molecule has 0 bridgehead atoms. The Labute approximate surface area is 245 Å². The van der Waals surface area contributed by atoms with Crippen molar-refractivity contribution in [1.29, 1.82) is 0 Å². The number of benzene rings is 2. The third-order valence-electron chi connectivity index (χ3n) is 6.70. The number of carbonyl (C=O) groups is 3. The maximum Gasteiger partial charge on any atom is 0.408 e. The van der Waals surface area contributed by atoms with E-state index in [0.717, 1.165) is 11.0 Å². The molecule has 2 atom stereocenters. The molecular weight excluding hydrogens is 588 g/mol. The van der Waals surface area contributed by atoms with Gasteiger partial charge in [0.2, 0.25) is 11.7 Å². The average Bonchev–Trinajstić information content (AvgIpc) is 3.30. The number of halogens is 2. The summed E-state index contributed by atoms with van der Waals surface area (Å²) in [4.78, 5) is 44.3. The molecule has 3 aromatic rings. The van der Waals surface area contributed by atoms with Gasteiger partial charge in [-0.2, -0.15) is 4.98 Å². The van der Waals surface area contributed by atoms with Crippen LogP contribution < -0.4 is 15.5 Å². The number of carbonyl (C=O) groups excluding carboxylic acids is 3. The van der Waals surface area contributed by atoms with Gasteiger partial charge in [-0.1, -0.05) is 29.4 Å². The molecule has 43 heavy (non-hydrogen) atoms. The molecular formula is C28H29F2N5O7S. The molecule has 3 amide bonds. The van der Waals surface area contributed by atoms with Crippen molar-refractivity contribution < 1.29 is 40.8 Å². The van der Waals surface area contributed by atoms with Gasteiger partial charge in [-0.15, -0.1) is 0 Å². The van der Waals surface area contributed by atoms with Crippen LogP contribution in [-0.2, 0) is 25.9 Å². The number of fused-ring (bicyclic) bond motifs is 1. The lowest BCUT2D eigenvalue weighted by molar-refractivity contribution is -0.120. The Morgan fingerprint density at radius 1 is 1.14 bits per heavy atom. The zero-order chi connectivity index (χ0) is 31.3. The Kier molecular flexibility index (Phi) is 7.48. The first-order valence-corrected chi connectivity index (χ1v) is 14.9. The average molecular weight is 618 g/mol. The van der Waals surface area contributed by atoms with E-state index in [1.807, 2.05) is 0 Å². The predicted octanol–water partition coefficient (Wildman–Crippen LogP) is 3.40. The number of rotatable bonds is 6. The van der Waals surface area contributed by atoms with Gasteiger partial charge in [-0.05, 0) is 44.5 Å². The quantitative estimate of drug-likeness (QED) is 0.422. The fraction of sp³-hybridized carbons (Fsp3) is 0.393. The van der Waals surface area contributed by atoms with Crippen molar-refractivity contribution in [3.05, 3.63) is 59.5 Å². The monoisotopic (exact) mass is 617 g/mol. The molecule has 0 radical (unpaired) electrons. The molecule has 0 saturated heterocycles. The van der Waals surface area contributed by atoms with Crippen LogP contribution in [0.4, 0.5) is 19.3 Å². The van der Waals surface area contributed by atoms with Gasteiger partial charge < -0.3 is 24.8 Å². The van der Waals surface area contributed by atoms with Crippen molar-refractivity contribution in [2.24, 2.45) is 0 Å². The Morgan fingerprint density at radius 3 is 2.40 bits per heavy atom. The summed E-state index contributed by atoms with van der Waals surface area (Å²) < 4.78 is 64.1. The van der Waals surface area contributed by atoms with Crippen molar-refractivity contribution in [3.63, 3.8) is 0 Å². The molecule has 1 saturated carbocycles. The van der Waals surface area contributed by atoms with E-state index in [2.05, 4.69) is 20.8 Å². The standard InChI is InChI=1S/C28H29F2N5O7S/c1-15-31-23(34-42-15)17-7-5-16(6-8-17)13-35-20-11-18(24(36)33-22-12-28(22,29)30)9-10-21(20)43(39,40)14-19(25(35)37)32-26(38)41-27(2,3)4/h5-11,19,22H,12-14H2,1-4H3,(H,32,38)(H,33,36)/t19-,22?/m0/s1. The topological polar surface area (TPSA) is 161 Å². The number of aryl methyl sites for hydroxylation is 1. The SMILES string of the molecule is Cc1nc(-c2ccc(CN3C(=O)[C@@H](NC(=O)OC(C)(C)C)CS(=O)(=O)c4ccc(C(=O)NC5CC5(F)F)cc43)cc2)no1. The first-order chi connectivity index (χ1) is 20.0. The molecule has 2 heterocycles. The summed E-state index contributed by atoms with van der Waals surface area (Å²) in [6.07, 6.45) is -1.49. The van der Waals surface area contributed by atoms with E-state index in [-0.39, 0.29) is 22.7 Å². The van der Waals surface area contributed by atoms with Gasteiger partial charge in [0.1, 0.15) is 11.6 Å². The zero-order valence-electron chi connectivity index (χ0n) is 23.7. The highest BCUT2D eigenvalue weighted by Gasteiger charge is 2.58. The van der Waals surface area contributed by atoms with Crippen LogP contribution in [0.15, 0.2) is 51.9 Å². The lowest BCUT2D eigenvalue weighted by atomic mass is 10.1. The smallest absolute Gasteiger partial charge is 0.408 e. The number of sulfone groups is 1. The van der Waals surface area contributed by atoms with Crippen LogP contribution in [0.3, 0.4) is 0 Å². The molecule has 1 aliphatic carbocycles. The van der Waals surface area contributed by atoms with E-state index >= 15 is 0 Å². The Bertz CT molecular complexity index is 1700. The Hall–Kier alpha value is -4.40. The number of anilines is 1. The molecule has 1 aromatic heterocycles. The van der Waals surface area contributed by atoms with Crippen LogP contribution in [-0.4, -0.2) is 65.8 Å². The van der Waals surface area contributed by atoms with E-state index in [4.69, 9.17) is 9.26 Å². The van der Waals surface area contributed by atoms with Crippen molar-refractivity contribution in [2.75, 3.05) is 10.7 Å². The van der Waals surface area contributed by atoms with Gasteiger partial charge in [0, 0.05) is 24.5 Å². The number of aromatic nitrogens is 2. The second-order valence-electron chi connectivity index (χ2n) is 11.4. The van der Waals surface area contributed by atoms with Gasteiger partial charge in [0.25, 0.3) is 17.7 Å². The normalized spacial score (nSPS) is 20.5. The summed E-state index contributed by atoms with van der Waals surface area (Å²) in [5.41, 5.74) is 0.0263. The van der Waals surface area contributed by atoms with Crippen LogP contribution >= 0.6 is 0 Å². The lowest BCUT2D eigenvalue weighted by Gasteiger charge is -2.27. The van der Waals surface area contributed by atoms with Gasteiger partial charge in [-0.25, -0.2) is 22.0 Å². The molecule has 2 aromatic carbocycles. The molecule has 12 nitrogen and oxygen atoms in total. The minimum absolute atomic E-state index is 0.115. The maximum atomic E-state index is 13.9. The number of hydrogen-bond acceptors (Lipinski definition) is 9. The highest BCUT2D eigenvalue weighted by Crippen LogP contribution is 2.42. The molecule has 228 valence electrons. The van der Waals surface area contributed by atoms with E-state index in [1.54, 1.807) is 52.0 Å². The summed E-state index contributed by atoms with van der Waals surface area (Å²) in [6, 6.07) is 7.39. The molecule has 5 rings (SSSR count). The van der Waals surface area contributed by atoms with Crippen LogP contribution in [0.2, 0.25) is 0 Å². The molecule has 1 fully saturated rings. The second kappa shape index (κ2) is 10.7. The summed E-state index contributed by atoms with van der Waals surface area (Å²) >= 11 is 0. The van der Waals surface area contributed by atoms with Crippen molar-refractivity contribution in [3.8, 4) is 11.4 Å². The lowest BCUT2D eigenvalue weighted by Crippen LogP contribution is -2.51. The van der Waals surface area contributed by atoms with Gasteiger partial charge in [0.15, 0.2) is 9.84 Å². The highest BCUT2D eigenvalue weighted by atomic mass is 32.2. The molecule has 1 unspecified atom stereocenters. The molecule has 1 aliphatic heterocycles. The fourth-order valence-electron chi connectivity index (χ4n) is 4.51. The van der Waals surface area contributed by atoms with Crippen molar-refractivity contribution in [1.82, 2.24) is 20.8 Å². The summed E-state index contributed by atoms with van der Waals surface area (Å²) in [7, 11) is -4.20. The van der Waals surface area contributed by atoms with Crippen molar-refractivity contribution >= 4 is 33.4 Å². The summed E-state index contributed by atoms with van der Waals surface area (Å²) in [6.45, 7) is 6.33. The van der Waals surface area contributed by atoms with Crippen molar-refractivity contribution in [2.45, 2.75) is 69.2 Å². The molecule has 0 spiro atoms. The van der Waals surface area contributed by atoms with Gasteiger partial charge in [0.05, 0.1) is 28.9 Å². The third-order valence-corrected chi connectivity index (χ3v) is 8.49. The predicted molar refractivity (Wildman–Crippen MR) is 148 cm³/mol. The van der Waals surface area contributed by atoms with Crippen LogP contribution in [0.25, 0.3) is 11.4 Å². The van der Waals surface area contributed by atoms with Gasteiger partial charge in [-0.3, -0.25) is 9.59 Å². The number of alkyl carbamates (subject to hydrolysis) is 1. The summed E-state index contributed by atoms with van der Waals surface area (Å²) in [5, 5.41) is 8.46. The fourth-order valence-corrected chi connectivity index (χ4v) is 6.11. The Morgan fingerprint density at radius 2 is 1.81 bits per heavy atom. The number of ether oxygens (including phenoxy) is 1. The van der Waals surface area contributed by atoms with E-state index in [9.17, 15) is 31.6 Å². The number of amides is 3. The van der Waals surface area contributed by atoms with E-state index in [0.29, 0.717) is 22.8 Å². The largest absolute Gasteiger partial charge is 0.444 e. The zero-order valence-corrected chi connectivity index (χ0v) is 24.5. The second-order valence-corrected chi connectivity index (χ2v) is 13.4. The number of alkyl halides is 2. The van der Waals surface area contributed by atoms with Crippen LogP contribution in [0.5, 0.6) is 0 Å². The number of nitrogens with one attached hydrogen (secondary N) is 2. The number of hydrogen-bond donors (Lipinski definition) is 2. The van der Waals surface area contributed by atoms with Crippen LogP contribution in [0.1, 0.15) is 49.0 Å². The Balaban J connectivity index is 1.51.